The van der Waals surface area contributed by atoms with Gasteiger partial charge in [-0.05, 0) is 49.2 Å². The molecule has 0 fully saturated rings. The van der Waals surface area contributed by atoms with Crippen molar-refractivity contribution in [3.63, 3.8) is 0 Å². The molecule has 2 rings (SSSR count). The number of methoxy groups -OCH3 is 1. The fourth-order valence-electron chi connectivity index (χ4n) is 2.43. The number of carbonyl (C=O) groups excluding carboxylic acids is 2. The summed E-state index contributed by atoms with van der Waals surface area (Å²) in [5, 5.41) is 6.72. The van der Waals surface area contributed by atoms with Gasteiger partial charge in [-0.1, -0.05) is 18.2 Å². The predicted octanol–water partition coefficient (Wildman–Crippen LogP) is 3.27. The number of hydrazone groups is 1. The van der Waals surface area contributed by atoms with Crippen molar-refractivity contribution in [2.75, 3.05) is 19.0 Å². The molecule has 0 heterocycles. The molecule has 0 radical (unpaired) electrons. The molecular weight excluding hydrogens is 358 g/mol. The quantitative estimate of drug-likeness (QED) is 0.514. The smallest absolute Gasteiger partial charge is 0.240 e. The maximum atomic E-state index is 12.0. The van der Waals surface area contributed by atoms with Crippen molar-refractivity contribution < 1.29 is 19.1 Å². The summed E-state index contributed by atoms with van der Waals surface area (Å²) in [6.07, 6.45) is 1.63. The first-order valence-electron chi connectivity index (χ1n) is 9.01. The fourth-order valence-corrected chi connectivity index (χ4v) is 2.43. The molecule has 7 nitrogen and oxygen atoms in total. The van der Waals surface area contributed by atoms with E-state index in [1.165, 1.54) is 6.21 Å². The second kappa shape index (κ2) is 10.7. The van der Waals surface area contributed by atoms with Crippen LogP contribution in [0.2, 0.25) is 0 Å². The number of hydrogen-bond acceptors (Lipinski definition) is 5. The molecule has 0 bridgehead atoms. The lowest BCUT2D eigenvalue weighted by atomic mass is 10.2. The van der Waals surface area contributed by atoms with Crippen molar-refractivity contribution in [1.82, 2.24) is 5.43 Å². The normalized spacial score (nSPS) is 10.5. The Kier molecular flexibility index (Phi) is 8.02. The van der Waals surface area contributed by atoms with Crippen LogP contribution in [0, 0.1) is 6.92 Å². The number of rotatable bonds is 9. The first-order chi connectivity index (χ1) is 13.5. The van der Waals surface area contributed by atoms with Gasteiger partial charge in [0.15, 0.2) is 11.5 Å². The van der Waals surface area contributed by atoms with Gasteiger partial charge in [-0.2, -0.15) is 5.10 Å². The third-order valence-electron chi connectivity index (χ3n) is 3.89. The monoisotopic (exact) mass is 383 g/mol. The van der Waals surface area contributed by atoms with Gasteiger partial charge in [0.25, 0.3) is 0 Å². The van der Waals surface area contributed by atoms with Gasteiger partial charge in [0, 0.05) is 18.5 Å². The molecule has 0 aliphatic heterocycles. The molecule has 148 valence electrons. The molecule has 28 heavy (non-hydrogen) atoms. The minimum atomic E-state index is -0.338. The van der Waals surface area contributed by atoms with Crippen LogP contribution in [0.1, 0.15) is 30.9 Å². The van der Waals surface area contributed by atoms with E-state index in [2.05, 4.69) is 15.8 Å². The zero-order valence-corrected chi connectivity index (χ0v) is 16.3. The molecule has 2 N–H and O–H groups in total. The van der Waals surface area contributed by atoms with Gasteiger partial charge < -0.3 is 14.8 Å². The zero-order valence-electron chi connectivity index (χ0n) is 16.3. The first kappa shape index (κ1) is 21.0. The van der Waals surface area contributed by atoms with Crippen LogP contribution in [0.4, 0.5) is 5.69 Å². The molecular formula is C21H25N3O4. The minimum absolute atomic E-state index is 0.0435. The van der Waals surface area contributed by atoms with E-state index in [4.69, 9.17) is 9.47 Å². The van der Waals surface area contributed by atoms with Crippen LogP contribution in [0.3, 0.4) is 0 Å². The first-order valence-corrected chi connectivity index (χ1v) is 9.01. The van der Waals surface area contributed by atoms with Gasteiger partial charge in [-0.25, -0.2) is 5.43 Å². The Morgan fingerprint density at radius 2 is 1.82 bits per heavy atom. The van der Waals surface area contributed by atoms with E-state index in [0.29, 0.717) is 18.1 Å². The zero-order chi connectivity index (χ0) is 20.4. The van der Waals surface area contributed by atoms with E-state index in [1.54, 1.807) is 25.3 Å². The molecule has 0 spiro atoms. The van der Waals surface area contributed by atoms with Crippen molar-refractivity contribution in [2.24, 2.45) is 5.10 Å². The summed E-state index contributed by atoms with van der Waals surface area (Å²) in [6, 6.07) is 12.8. The summed E-state index contributed by atoms with van der Waals surface area (Å²) < 4.78 is 10.7. The summed E-state index contributed by atoms with van der Waals surface area (Å²) in [4.78, 5) is 23.8. The second-order valence-electron chi connectivity index (χ2n) is 6.00. The van der Waals surface area contributed by atoms with Crippen molar-refractivity contribution in [2.45, 2.75) is 26.7 Å². The molecule has 2 aromatic carbocycles. The minimum Gasteiger partial charge on any atom is -0.493 e. The Bertz CT molecular complexity index is 849. The number of anilines is 1. The summed E-state index contributed by atoms with van der Waals surface area (Å²) in [5.74, 6) is 0.676. The lowest BCUT2D eigenvalue weighted by Gasteiger charge is -2.09. The van der Waals surface area contributed by atoms with E-state index < -0.39 is 0 Å². The Labute approximate surface area is 164 Å². The van der Waals surface area contributed by atoms with Gasteiger partial charge in [-0.3, -0.25) is 9.59 Å². The second-order valence-corrected chi connectivity index (χ2v) is 6.00. The Morgan fingerprint density at radius 3 is 2.54 bits per heavy atom. The highest BCUT2D eigenvalue weighted by atomic mass is 16.5. The largest absolute Gasteiger partial charge is 0.493 e. The Hall–Kier alpha value is -3.35. The van der Waals surface area contributed by atoms with Gasteiger partial charge in [-0.15, -0.1) is 0 Å². The van der Waals surface area contributed by atoms with Crippen molar-refractivity contribution in [3.05, 3.63) is 53.6 Å². The highest BCUT2D eigenvalue weighted by Crippen LogP contribution is 2.27. The maximum absolute atomic E-state index is 12.0. The lowest BCUT2D eigenvalue weighted by Crippen LogP contribution is -2.20. The number of benzene rings is 2. The highest BCUT2D eigenvalue weighted by Gasteiger charge is 2.08. The number of carbonyl (C=O) groups is 2. The average Bonchev–Trinajstić information content (AvgIpc) is 2.69. The van der Waals surface area contributed by atoms with Crippen LogP contribution >= 0.6 is 0 Å². The van der Waals surface area contributed by atoms with E-state index in [1.807, 2.05) is 38.1 Å². The number of ether oxygens (including phenoxy) is 2. The number of aryl methyl sites for hydroxylation is 1. The van der Waals surface area contributed by atoms with Gasteiger partial charge in [0.05, 0.1) is 19.9 Å². The van der Waals surface area contributed by atoms with Gasteiger partial charge in [0.1, 0.15) is 0 Å². The number of amides is 2. The molecule has 0 saturated heterocycles. The molecule has 0 aliphatic rings. The fraction of sp³-hybridized carbons (Fsp3) is 0.286. The SMILES string of the molecule is CCOc1cc(C=NNC(=O)CCC(=O)Nc2ccccc2C)ccc1OC. The van der Waals surface area contributed by atoms with Gasteiger partial charge >= 0.3 is 0 Å². The summed E-state index contributed by atoms with van der Waals surface area (Å²) in [5.41, 5.74) is 4.89. The summed E-state index contributed by atoms with van der Waals surface area (Å²) in [6.45, 7) is 4.31. The lowest BCUT2D eigenvalue weighted by molar-refractivity contribution is -0.124. The van der Waals surface area contributed by atoms with E-state index in [9.17, 15) is 9.59 Å². The van der Waals surface area contributed by atoms with Crippen LogP contribution in [-0.2, 0) is 9.59 Å². The van der Waals surface area contributed by atoms with Crippen molar-refractivity contribution in [1.29, 1.82) is 0 Å². The number of hydrogen-bond donors (Lipinski definition) is 2. The molecule has 0 aliphatic carbocycles. The van der Waals surface area contributed by atoms with Crippen molar-refractivity contribution >= 4 is 23.7 Å². The third-order valence-corrected chi connectivity index (χ3v) is 3.89. The van der Waals surface area contributed by atoms with Crippen molar-refractivity contribution in [3.8, 4) is 11.5 Å². The average molecular weight is 383 g/mol. The summed E-state index contributed by atoms with van der Waals surface area (Å²) in [7, 11) is 1.57. The van der Waals surface area contributed by atoms with Crippen LogP contribution in [0.5, 0.6) is 11.5 Å². The Morgan fingerprint density at radius 1 is 1.07 bits per heavy atom. The third kappa shape index (κ3) is 6.42. The number of para-hydroxylation sites is 1. The molecule has 2 aromatic rings. The van der Waals surface area contributed by atoms with Crippen LogP contribution in [0.25, 0.3) is 0 Å². The van der Waals surface area contributed by atoms with Gasteiger partial charge in [0.2, 0.25) is 11.8 Å². The highest BCUT2D eigenvalue weighted by molar-refractivity contribution is 5.94. The summed E-state index contributed by atoms with van der Waals surface area (Å²) >= 11 is 0. The van der Waals surface area contributed by atoms with Crippen LogP contribution in [-0.4, -0.2) is 31.7 Å². The standard InChI is InChI=1S/C21H25N3O4/c1-4-28-19-13-16(9-10-18(19)27-3)14-22-24-21(26)12-11-20(25)23-17-8-6-5-7-15(17)2/h5-10,13-14H,4,11-12H2,1-3H3,(H,23,25)(H,24,26). The van der Waals surface area contributed by atoms with E-state index >= 15 is 0 Å². The topological polar surface area (TPSA) is 89.0 Å². The molecule has 0 unspecified atom stereocenters. The Balaban J connectivity index is 1.81. The van der Waals surface area contributed by atoms with E-state index in [0.717, 1.165) is 16.8 Å². The number of nitrogens with one attached hydrogen (secondary N) is 2. The molecule has 0 aromatic heterocycles. The maximum Gasteiger partial charge on any atom is 0.240 e. The van der Waals surface area contributed by atoms with E-state index in [-0.39, 0.29) is 24.7 Å². The molecule has 0 saturated carbocycles. The molecule has 7 heteroatoms. The molecule has 2 amide bonds. The predicted molar refractivity (Wildman–Crippen MR) is 109 cm³/mol. The number of nitrogens with zero attached hydrogens (tertiary/aromatic N) is 1. The molecule has 0 atom stereocenters. The van der Waals surface area contributed by atoms with Crippen LogP contribution in [0.15, 0.2) is 47.6 Å². The van der Waals surface area contributed by atoms with Crippen LogP contribution < -0.4 is 20.2 Å².